The number of aromatic nitrogens is 2. The first kappa shape index (κ1) is 19.0. The summed E-state index contributed by atoms with van der Waals surface area (Å²) in [6.45, 7) is 3.12. The molecular formula is C21H22ClFN2S. The van der Waals surface area contributed by atoms with Crippen molar-refractivity contribution in [3.63, 3.8) is 0 Å². The molecule has 0 amide bonds. The molecule has 136 valence electrons. The van der Waals surface area contributed by atoms with Crippen molar-refractivity contribution in [2.45, 2.75) is 42.4 Å². The molecule has 0 spiro atoms. The standard InChI is InChI=1S/C21H22ClFN2S/c1-21(15-25-14-13-24-16-25,26-20-7-3-2-6-19(20)22)12-4-5-17-8-10-18(23)11-9-17/h2-3,6-11,13-14,16H,4-5,12,15H2,1H3. The number of hydrogen-bond acceptors (Lipinski definition) is 2. The van der Waals surface area contributed by atoms with Gasteiger partial charge in [0, 0.05) is 28.6 Å². The summed E-state index contributed by atoms with van der Waals surface area (Å²) in [5.74, 6) is -0.187. The van der Waals surface area contributed by atoms with Gasteiger partial charge in [-0.25, -0.2) is 9.37 Å². The Hall–Kier alpha value is -1.78. The second kappa shape index (κ2) is 8.74. The maximum absolute atomic E-state index is 13.1. The number of rotatable bonds is 8. The Bertz CT molecular complexity index is 820. The molecule has 2 nitrogen and oxygen atoms in total. The molecule has 0 bridgehead atoms. The number of nitrogens with zero attached hydrogens (tertiary/aromatic N) is 2. The molecule has 0 saturated heterocycles. The maximum atomic E-state index is 13.1. The van der Waals surface area contributed by atoms with Gasteiger partial charge in [0.05, 0.1) is 11.3 Å². The van der Waals surface area contributed by atoms with E-state index < -0.39 is 0 Å². The van der Waals surface area contributed by atoms with Gasteiger partial charge in [0.1, 0.15) is 5.82 Å². The summed E-state index contributed by atoms with van der Waals surface area (Å²) >= 11 is 8.19. The lowest BCUT2D eigenvalue weighted by molar-refractivity contribution is 0.480. The fourth-order valence-electron chi connectivity index (χ4n) is 3.04. The first-order valence-electron chi connectivity index (χ1n) is 8.68. The lowest BCUT2D eigenvalue weighted by Crippen LogP contribution is -2.27. The normalized spacial score (nSPS) is 13.5. The maximum Gasteiger partial charge on any atom is 0.123 e. The second-order valence-corrected chi connectivity index (χ2v) is 8.73. The molecule has 3 rings (SSSR count). The Balaban J connectivity index is 1.69. The van der Waals surface area contributed by atoms with Crippen LogP contribution in [0.4, 0.5) is 4.39 Å². The zero-order valence-corrected chi connectivity index (χ0v) is 16.3. The van der Waals surface area contributed by atoms with Gasteiger partial charge in [0.25, 0.3) is 0 Å². The first-order chi connectivity index (χ1) is 12.5. The topological polar surface area (TPSA) is 17.8 Å². The molecule has 0 radical (unpaired) electrons. The average Bonchev–Trinajstić information content (AvgIpc) is 3.11. The van der Waals surface area contributed by atoms with Gasteiger partial charge in [-0.15, -0.1) is 11.8 Å². The van der Waals surface area contributed by atoms with Gasteiger partial charge in [-0.05, 0) is 56.0 Å². The van der Waals surface area contributed by atoms with Gasteiger partial charge >= 0.3 is 0 Å². The van der Waals surface area contributed by atoms with Gasteiger partial charge in [0.15, 0.2) is 0 Å². The third kappa shape index (κ3) is 5.36. The molecule has 1 aromatic heterocycles. The molecule has 0 aliphatic rings. The fourth-order valence-corrected chi connectivity index (χ4v) is 4.59. The van der Waals surface area contributed by atoms with Crippen molar-refractivity contribution in [2.24, 2.45) is 0 Å². The smallest absolute Gasteiger partial charge is 0.123 e. The summed E-state index contributed by atoms with van der Waals surface area (Å²) in [5.41, 5.74) is 1.17. The molecule has 3 aromatic rings. The van der Waals surface area contributed by atoms with Crippen molar-refractivity contribution >= 4 is 23.4 Å². The second-order valence-electron chi connectivity index (χ2n) is 6.70. The summed E-state index contributed by atoms with van der Waals surface area (Å²) in [6.07, 6.45) is 8.62. The molecule has 2 aromatic carbocycles. The summed E-state index contributed by atoms with van der Waals surface area (Å²) in [5, 5.41) is 0.785. The highest BCUT2D eigenvalue weighted by Gasteiger charge is 2.27. The number of halogens is 2. The van der Waals surface area contributed by atoms with Gasteiger partial charge in [-0.2, -0.15) is 0 Å². The zero-order valence-electron chi connectivity index (χ0n) is 14.7. The number of thioether (sulfide) groups is 1. The quantitative estimate of drug-likeness (QED) is 0.424. The van der Waals surface area contributed by atoms with Crippen molar-refractivity contribution in [3.05, 3.63) is 83.7 Å². The van der Waals surface area contributed by atoms with Crippen LogP contribution in [-0.2, 0) is 13.0 Å². The molecule has 0 aliphatic heterocycles. The number of imidazole rings is 1. The minimum atomic E-state index is -0.187. The van der Waals surface area contributed by atoms with E-state index >= 15 is 0 Å². The van der Waals surface area contributed by atoms with E-state index in [1.54, 1.807) is 6.20 Å². The van der Waals surface area contributed by atoms with Gasteiger partial charge in [-0.3, -0.25) is 0 Å². The van der Waals surface area contributed by atoms with Gasteiger partial charge < -0.3 is 4.57 Å². The van der Waals surface area contributed by atoms with Crippen LogP contribution in [0.5, 0.6) is 0 Å². The predicted octanol–water partition coefficient (Wildman–Crippen LogP) is 6.25. The van der Waals surface area contributed by atoms with Crippen LogP contribution in [0, 0.1) is 5.82 Å². The third-order valence-corrected chi connectivity index (χ3v) is 6.20. The molecule has 0 fully saturated rings. The summed E-state index contributed by atoms with van der Waals surface area (Å²) in [6, 6.07) is 14.8. The third-order valence-electron chi connectivity index (χ3n) is 4.35. The Labute approximate surface area is 163 Å². The average molecular weight is 389 g/mol. The van der Waals surface area contributed by atoms with Crippen molar-refractivity contribution in [1.82, 2.24) is 9.55 Å². The molecule has 1 atom stereocenters. The minimum Gasteiger partial charge on any atom is -0.336 e. The molecule has 0 saturated carbocycles. The molecule has 26 heavy (non-hydrogen) atoms. The number of hydrogen-bond donors (Lipinski definition) is 0. The van der Waals surface area contributed by atoms with E-state index in [1.165, 1.54) is 17.7 Å². The number of aryl methyl sites for hydroxylation is 1. The molecule has 0 N–H and O–H groups in total. The van der Waals surface area contributed by atoms with Crippen LogP contribution >= 0.6 is 23.4 Å². The lowest BCUT2D eigenvalue weighted by atomic mass is 10.00. The Morgan fingerprint density at radius 3 is 2.62 bits per heavy atom. The SMILES string of the molecule is CC(CCCc1ccc(F)cc1)(Cn1ccnc1)Sc1ccccc1Cl. The van der Waals surface area contributed by atoms with Crippen LogP contribution in [0.3, 0.4) is 0 Å². The molecule has 5 heteroatoms. The summed E-state index contributed by atoms with van der Waals surface area (Å²) in [7, 11) is 0. The van der Waals surface area contributed by atoms with Crippen LogP contribution in [0.2, 0.25) is 5.02 Å². The van der Waals surface area contributed by atoms with Crippen molar-refractivity contribution in [3.8, 4) is 0 Å². The molecule has 1 unspecified atom stereocenters. The largest absolute Gasteiger partial charge is 0.336 e. The highest BCUT2D eigenvalue weighted by Crippen LogP contribution is 2.41. The Kier molecular flexibility index (Phi) is 6.38. The van der Waals surface area contributed by atoms with E-state index in [9.17, 15) is 4.39 Å². The van der Waals surface area contributed by atoms with Crippen LogP contribution in [-0.4, -0.2) is 14.3 Å². The predicted molar refractivity (Wildman–Crippen MR) is 107 cm³/mol. The van der Waals surface area contributed by atoms with Crippen molar-refractivity contribution < 1.29 is 4.39 Å². The zero-order chi connectivity index (χ0) is 18.4. The highest BCUT2D eigenvalue weighted by molar-refractivity contribution is 8.00. The highest BCUT2D eigenvalue weighted by atomic mass is 35.5. The van der Waals surface area contributed by atoms with Crippen LogP contribution in [0.15, 0.2) is 72.1 Å². The Morgan fingerprint density at radius 2 is 1.92 bits per heavy atom. The summed E-state index contributed by atoms with van der Waals surface area (Å²) < 4.78 is 15.2. The van der Waals surface area contributed by atoms with E-state index in [0.717, 1.165) is 35.7 Å². The fraction of sp³-hybridized carbons (Fsp3) is 0.286. The molecular weight excluding hydrogens is 367 g/mol. The van der Waals surface area contributed by atoms with Crippen molar-refractivity contribution in [2.75, 3.05) is 0 Å². The lowest BCUT2D eigenvalue weighted by Gasteiger charge is -2.30. The van der Waals surface area contributed by atoms with Gasteiger partial charge in [-0.1, -0.05) is 35.9 Å². The van der Waals surface area contributed by atoms with E-state index in [4.69, 9.17) is 11.6 Å². The monoisotopic (exact) mass is 388 g/mol. The molecule has 1 heterocycles. The van der Waals surface area contributed by atoms with Gasteiger partial charge in [0.2, 0.25) is 0 Å². The number of benzene rings is 2. The van der Waals surface area contributed by atoms with Crippen LogP contribution < -0.4 is 0 Å². The Morgan fingerprint density at radius 1 is 1.15 bits per heavy atom. The van der Waals surface area contributed by atoms with Crippen molar-refractivity contribution in [1.29, 1.82) is 0 Å². The summed E-state index contributed by atoms with van der Waals surface area (Å²) in [4.78, 5) is 5.26. The van der Waals surface area contributed by atoms with E-state index in [1.807, 2.05) is 54.6 Å². The van der Waals surface area contributed by atoms with Crippen LogP contribution in [0.25, 0.3) is 0 Å². The van der Waals surface area contributed by atoms with E-state index in [0.29, 0.717) is 0 Å². The van der Waals surface area contributed by atoms with E-state index in [2.05, 4.69) is 22.5 Å². The minimum absolute atomic E-state index is 0.0221. The van der Waals surface area contributed by atoms with E-state index in [-0.39, 0.29) is 10.6 Å². The van der Waals surface area contributed by atoms with Crippen LogP contribution in [0.1, 0.15) is 25.3 Å². The first-order valence-corrected chi connectivity index (χ1v) is 9.87. The molecule has 0 aliphatic carbocycles.